The molecule has 24 heavy (non-hydrogen) atoms. The predicted molar refractivity (Wildman–Crippen MR) is 86.4 cm³/mol. The highest BCUT2D eigenvalue weighted by atomic mass is 19.4. The van der Waals surface area contributed by atoms with Gasteiger partial charge in [-0.3, -0.25) is 9.59 Å². The number of likely N-dealkylation sites (N-methyl/N-ethyl adjacent to an activating group) is 1. The third-order valence-electron chi connectivity index (χ3n) is 3.89. The van der Waals surface area contributed by atoms with Crippen molar-refractivity contribution in [1.82, 2.24) is 4.90 Å². The van der Waals surface area contributed by atoms with Crippen LogP contribution in [0.4, 0.5) is 18.9 Å². The summed E-state index contributed by atoms with van der Waals surface area (Å²) in [5.41, 5.74) is -0.661. The summed E-state index contributed by atoms with van der Waals surface area (Å²) in [6, 6.07) is 3.95. The van der Waals surface area contributed by atoms with E-state index >= 15 is 0 Å². The molecule has 1 atom stereocenters. The molecule has 1 rings (SSSR count). The Morgan fingerprint density at radius 2 is 1.75 bits per heavy atom. The quantitative estimate of drug-likeness (QED) is 0.791. The van der Waals surface area contributed by atoms with Crippen molar-refractivity contribution >= 4 is 17.5 Å². The van der Waals surface area contributed by atoms with Gasteiger partial charge in [0.15, 0.2) is 0 Å². The highest BCUT2D eigenvalue weighted by molar-refractivity contribution is 6.39. The number of halogens is 3. The number of nitrogens with zero attached hydrogens (tertiary/aromatic N) is 1. The van der Waals surface area contributed by atoms with Gasteiger partial charge < -0.3 is 10.2 Å². The number of carbonyl (C=O) groups is 2. The number of alkyl halides is 3. The molecule has 4 nitrogen and oxygen atoms in total. The summed E-state index contributed by atoms with van der Waals surface area (Å²) < 4.78 is 37.5. The fourth-order valence-electron chi connectivity index (χ4n) is 2.36. The molecule has 0 aromatic heterocycles. The number of benzene rings is 1. The molecule has 1 aromatic rings. The van der Waals surface area contributed by atoms with Crippen molar-refractivity contribution in [1.29, 1.82) is 0 Å². The molecule has 0 fully saturated rings. The van der Waals surface area contributed by atoms with E-state index in [0.29, 0.717) is 0 Å². The molecule has 2 amide bonds. The van der Waals surface area contributed by atoms with Crippen LogP contribution in [0.25, 0.3) is 0 Å². The van der Waals surface area contributed by atoms with E-state index in [0.717, 1.165) is 49.9 Å². The van der Waals surface area contributed by atoms with E-state index < -0.39 is 23.6 Å². The molecular formula is C17H23F3N2O2. The van der Waals surface area contributed by atoms with Crippen LogP contribution in [0.3, 0.4) is 0 Å². The minimum Gasteiger partial charge on any atom is -0.335 e. The van der Waals surface area contributed by atoms with Crippen molar-refractivity contribution in [2.75, 3.05) is 12.4 Å². The Balaban J connectivity index is 2.71. The molecule has 134 valence electrons. The Hall–Kier alpha value is -2.05. The fraction of sp³-hybridized carbons (Fsp3) is 0.529. The molecule has 0 spiro atoms. The molecule has 7 heteroatoms. The SMILES string of the molecule is CCCC[C@@H](CC)N(C)C(=O)C(=O)Nc1ccc(C(F)(F)F)cc1. The first-order valence-corrected chi connectivity index (χ1v) is 7.96. The first-order chi connectivity index (χ1) is 11.2. The normalized spacial score (nSPS) is 12.6. The molecule has 0 saturated carbocycles. The zero-order valence-corrected chi connectivity index (χ0v) is 14.1. The first kappa shape index (κ1) is 20.0. The number of hydrogen-bond donors (Lipinski definition) is 1. The minimum atomic E-state index is -4.44. The van der Waals surface area contributed by atoms with Gasteiger partial charge in [0.05, 0.1) is 5.56 Å². The van der Waals surface area contributed by atoms with Gasteiger partial charge in [0.1, 0.15) is 0 Å². The number of nitrogens with one attached hydrogen (secondary N) is 1. The monoisotopic (exact) mass is 344 g/mol. The zero-order valence-electron chi connectivity index (χ0n) is 14.1. The topological polar surface area (TPSA) is 49.4 Å². The molecular weight excluding hydrogens is 321 g/mol. The van der Waals surface area contributed by atoms with E-state index in [1.54, 1.807) is 7.05 Å². The predicted octanol–water partition coefficient (Wildman–Crippen LogP) is 4.07. The van der Waals surface area contributed by atoms with Gasteiger partial charge >= 0.3 is 18.0 Å². The maximum absolute atomic E-state index is 12.5. The maximum Gasteiger partial charge on any atom is 0.416 e. The summed E-state index contributed by atoms with van der Waals surface area (Å²) in [4.78, 5) is 25.6. The van der Waals surface area contributed by atoms with Crippen LogP contribution in [0.1, 0.15) is 45.1 Å². The van der Waals surface area contributed by atoms with E-state index in [-0.39, 0.29) is 11.7 Å². The van der Waals surface area contributed by atoms with Gasteiger partial charge in [-0.05, 0) is 37.1 Å². The van der Waals surface area contributed by atoms with Crippen LogP contribution < -0.4 is 5.32 Å². The molecule has 0 unspecified atom stereocenters. The second-order valence-electron chi connectivity index (χ2n) is 5.65. The largest absolute Gasteiger partial charge is 0.416 e. The van der Waals surface area contributed by atoms with Crippen LogP contribution in [0.15, 0.2) is 24.3 Å². The Labute approximate surface area is 140 Å². The lowest BCUT2D eigenvalue weighted by atomic mass is 10.1. The number of anilines is 1. The van der Waals surface area contributed by atoms with Crippen LogP contribution in [-0.4, -0.2) is 29.8 Å². The van der Waals surface area contributed by atoms with Gasteiger partial charge in [0.25, 0.3) is 0 Å². The third-order valence-corrected chi connectivity index (χ3v) is 3.89. The third kappa shape index (κ3) is 5.54. The van der Waals surface area contributed by atoms with Crippen LogP contribution in [-0.2, 0) is 15.8 Å². The van der Waals surface area contributed by atoms with Crippen molar-refractivity contribution in [3.05, 3.63) is 29.8 Å². The summed E-state index contributed by atoms with van der Waals surface area (Å²) in [6.07, 6.45) is -0.947. The summed E-state index contributed by atoms with van der Waals surface area (Å²) >= 11 is 0. The van der Waals surface area contributed by atoms with Crippen molar-refractivity contribution in [3.63, 3.8) is 0 Å². The lowest BCUT2D eigenvalue weighted by Crippen LogP contribution is -2.43. The zero-order chi connectivity index (χ0) is 18.3. The number of carbonyl (C=O) groups excluding carboxylic acids is 2. The Morgan fingerprint density at radius 1 is 1.17 bits per heavy atom. The van der Waals surface area contributed by atoms with E-state index in [2.05, 4.69) is 5.32 Å². The van der Waals surface area contributed by atoms with Gasteiger partial charge in [-0.15, -0.1) is 0 Å². The van der Waals surface area contributed by atoms with Crippen LogP contribution in [0, 0.1) is 0 Å². The molecule has 0 aliphatic heterocycles. The van der Waals surface area contributed by atoms with Gasteiger partial charge in [-0.25, -0.2) is 0 Å². The lowest BCUT2D eigenvalue weighted by molar-refractivity contribution is -0.143. The van der Waals surface area contributed by atoms with Gasteiger partial charge in [-0.2, -0.15) is 13.2 Å². The summed E-state index contributed by atoms with van der Waals surface area (Å²) in [5, 5.41) is 2.34. The molecule has 0 heterocycles. The smallest absolute Gasteiger partial charge is 0.335 e. The summed E-state index contributed by atoms with van der Waals surface area (Å²) in [7, 11) is 1.57. The summed E-state index contributed by atoms with van der Waals surface area (Å²) in [6.45, 7) is 3.99. The van der Waals surface area contributed by atoms with Crippen LogP contribution >= 0.6 is 0 Å². The maximum atomic E-state index is 12.5. The molecule has 1 aromatic carbocycles. The number of amides is 2. The number of unbranched alkanes of at least 4 members (excludes halogenated alkanes) is 1. The number of hydrogen-bond acceptors (Lipinski definition) is 2. The highest BCUT2D eigenvalue weighted by Crippen LogP contribution is 2.29. The molecule has 1 N–H and O–H groups in total. The highest BCUT2D eigenvalue weighted by Gasteiger charge is 2.30. The number of rotatable bonds is 6. The van der Waals surface area contributed by atoms with Crippen molar-refractivity contribution in [2.45, 2.75) is 51.7 Å². The first-order valence-electron chi connectivity index (χ1n) is 7.96. The average Bonchev–Trinajstić information content (AvgIpc) is 2.54. The van der Waals surface area contributed by atoms with Crippen molar-refractivity contribution in [3.8, 4) is 0 Å². The van der Waals surface area contributed by atoms with E-state index in [4.69, 9.17) is 0 Å². The van der Waals surface area contributed by atoms with Crippen molar-refractivity contribution < 1.29 is 22.8 Å². The van der Waals surface area contributed by atoms with Gasteiger partial charge in [0.2, 0.25) is 0 Å². The minimum absolute atomic E-state index is 0.0317. The standard InChI is InChI=1S/C17H23F3N2O2/c1-4-6-7-14(5-2)22(3)16(24)15(23)21-13-10-8-12(9-11-13)17(18,19)20/h8-11,14H,4-7H2,1-3H3,(H,21,23)/t14-/m1/s1. The van der Waals surface area contributed by atoms with Crippen LogP contribution in [0.5, 0.6) is 0 Å². The molecule has 0 radical (unpaired) electrons. The lowest BCUT2D eigenvalue weighted by Gasteiger charge is -2.26. The fourth-order valence-corrected chi connectivity index (χ4v) is 2.36. The molecule has 0 aliphatic carbocycles. The molecule has 0 saturated heterocycles. The summed E-state index contributed by atoms with van der Waals surface area (Å²) in [5.74, 6) is -1.55. The van der Waals surface area contributed by atoms with Gasteiger partial charge in [0, 0.05) is 18.8 Å². The Morgan fingerprint density at radius 3 is 2.21 bits per heavy atom. The second-order valence-corrected chi connectivity index (χ2v) is 5.65. The second kappa shape index (κ2) is 8.70. The van der Waals surface area contributed by atoms with E-state index in [1.165, 1.54) is 4.90 Å². The van der Waals surface area contributed by atoms with E-state index in [1.807, 2.05) is 13.8 Å². The Kier molecular flexibility index (Phi) is 7.25. The van der Waals surface area contributed by atoms with Gasteiger partial charge in [-0.1, -0.05) is 26.7 Å². The molecule has 0 bridgehead atoms. The van der Waals surface area contributed by atoms with Crippen LogP contribution in [0.2, 0.25) is 0 Å². The molecule has 0 aliphatic rings. The average molecular weight is 344 g/mol. The van der Waals surface area contributed by atoms with Crippen molar-refractivity contribution in [2.24, 2.45) is 0 Å². The Bertz CT molecular complexity index is 556. The van der Waals surface area contributed by atoms with E-state index in [9.17, 15) is 22.8 Å².